The molecule has 1 aromatic heterocycles. The fraction of sp³-hybridized carbons (Fsp3) is 0.550. The molecule has 0 radical (unpaired) electrons. The number of nitrogens with zero attached hydrogens (tertiary/aromatic N) is 2. The van der Waals surface area contributed by atoms with Gasteiger partial charge in [-0.2, -0.15) is 10.3 Å². The normalized spacial score (nSPS) is 23.8. The summed E-state index contributed by atoms with van der Waals surface area (Å²) in [6.45, 7) is 5.49. The van der Waals surface area contributed by atoms with E-state index in [1.54, 1.807) is 13.8 Å². The van der Waals surface area contributed by atoms with Crippen molar-refractivity contribution in [3.8, 4) is 6.07 Å². The maximum absolute atomic E-state index is 12.8. The fourth-order valence-electron chi connectivity index (χ4n) is 4.16. The average Bonchev–Trinajstić information content (AvgIpc) is 2.88. The first kappa shape index (κ1) is 20.6. The zero-order chi connectivity index (χ0) is 21.3. The third-order valence-corrected chi connectivity index (χ3v) is 6.05. The SMILES string of the molecule is Cc1[nH]c(=O)c(C#N)c(C)c1CCC(=O)NN1C(=O)NC2(CCC(C)CC2)C1=O. The topological polar surface area (TPSA) is 135 Å². The molecule has 0 unspecified atom stereocenters. The second-order valence-corrected chi connectivity index (χ2v) is 8.04. The Morgan fingerprint density at radius 2 is 1.93 bits per heavy atom. The van der Waals surface area contributed by atoms with E-state index in [0.29, 0.717) is 35.6 Å². The summed E-state index contributed by atoms with van der Waals surface area (Å²) in [6, 6.07) is 1.26. The molecule has 1 saturated carbocycles. The van der Waals surface area contributed by atoms with Crippen molar-refractivity contribution in [2.24, 2.45) is 5.92 Å². The number of nitriles is 1. The molecule has 1 aliphatic carbocycles. The van der Waals surface area contributed by atoms with E-state index in [9.17, 15) is 19.2 Å². The Bertz CT molecular complexity index is 966. The molecule has 1 aromatic rings. The van der Waals surface area contributed by atoms with Crippen molar-refractivity contribution in [1.29, 1.82) is 5.26 Å². The van der Waals surface area contributed by atoms with Crippen molar-refractivity contribution >= 4 is 17.8 Å². The van der Waals surface area contributed by atoms with E-state index in [2.05, 4.69) is 22.7 Å². The standard InChI is InChI=1S/C20H25N5O4/c1-11-6-8-20(9-7-11)18(28)25(19(29)23-20)24-16(26)5-4-14-12(2)15(10-21)17(27)22-13(14)3/h11H,4-9H2,1-3H3,(H,22,27)(H,23,29)(H,24,26). The number of aromatic nitrogens is 1. The van der Waals surface area contributed by atoms with Crippen LogP contribution in [0.2, 0.25) is 0 Å². The number of carbonyl (C=O) groups excluding carboxylic acids is 3. The molecule has 2 heterocycles. The van der Waals surface area contributed by atoms with Gasteiger partial charge in [0, 0.05) is 12.1 Å². The molecule has 4 amide bonds. The van der Waals surface area contributed by atoms with Crippen LogP contribution in [0.15, 0.2) is 4.79 Å². The number of H-pyrrole nitrogens is 1. The predicted molar refractivity (Wildman–Crippen MR) is 103 cm³/mol. The van der Waals surface area contributed by atoms with Gasteiger partial charge in [-0.3, -0.25) is 19.8 Å². The highest BCUT2D eigenvalue weighted by Crippen LogP contribution is 2.35. The van der Waals surface area contributed by atoms with Gasteiger partial charge in [0.1, 0.15) is 17.2 Å². The number of amides is 4. The summed E-state index contributed by atoms with van der Waals surface area (Å²) in [4.78, 5) is 51.9. The van der Waals surface area contributed by atoms with Gasteiger partial charge >= 0.3 is 6.03 Å². The molecule has 2 aliphatic rings. The van der Waals surface area contributed by atoms with Crippen molar-refractivity contribution in [3.63, 3.8) is 0 Å². The second-order valence-electron chi connectivity index (χ2n) is 8.04. The van der Waals surface area contributed by atoms with E-state index in [1.165, 1.54) is 0 Å². The Kier molecular flexibility index (Phi) is 5.46. The minimum atomic E-state index is -0.912. The van der Waals surface area contributed by atoms with Gasteiger partial charge in [-0.15, -0.1) is 0 Å². The van der Waals surface area contributed by atoms with Crippen LogP contribution in [0.3, 0.4) is 0 Å². The fourth-order valence-corrected chi connectivity index (χ4v) is 4.16. The van der Waals surface area contributed by atoms with Crippen LogP contribution < -0.4 is 16.3 Å². The number of imide groups is 1. The number of aryl methyl sites for hydroxylation is 1. The molecule has 154 valence electrons. The Morgan fingerprint density at radius 1 is 1.28 bits per heavy atom. The van der Waals surface area contributed by atoms with Crippen molar-refractivity contribution in [3.05, 3.63) is 32.7 Å². The molecule has 9 heteroatoms. The van der Waals surface area contributed by atoms with Crippen LogP contribution in [0.5, 0.6) is 0 Å². The largest absolute Gasteiger partial charge is 0.344 e. The Morgan fingerprint density at radius 3 is 2.55 bits per heavy atom. The van der Waals surface area contributed by atoms with Gasteiger partial charge < -0.3 is 10.3 Å². The highest BCUT2D eigenvalue weighted by atomic mass is 16.2. The van der Waals surface area contributed by atoms with Crippen LogP contribution in [0.1, 0.15) is 61.4 Å². The molecule has 3 N–H and O–H groups in total. The number of pyridine rings is 1. The number of hydrogen-bond donors (Lipinski definition) is 3. The molecule has 1 aliphatic heterocycles. The number of nitrogens with one attached hydrogen (secondary N) is 3. The number of hydrogen-bond acceptors (Lipinski definition) is 5. The third-order valence-electron chi connectivity index (χ3n) is 6.05. The quantitative estimate of drug-likeness (QED) is 0.656. The summed E-state index contributed by atoms with van der Waals surface area (Å²) in [7, 11) is 0. The number of urea groups is 1. The first-order chi connectivity index (χ1) is 13.7. The van der Waals surface area contributed by atoms with E-state index in [0.717, 1.165) is 17.9 Å². The van der Waals surface area contributed by atoms with Crippen LogP contribution in [0.25, 0.3) is 0 Å². The molecular weight excluding hydrogens is 374 g/mol. The number of hydrazine groups is 1. The van der Waals surface area contributed by atoms with E-state index in [1.807, 2.05) is 6.07 Å². The highest BCUT2D eigenvalue weighted by molar-refractivity contribution is 6.08. The van der Waals surface area contributed by atoms with Crippen molar-refractivity contribution in [1.82, 2.24) is 20.7 Å². The summed E-state index contributed by atoms with van der Waals surface area (Å²) in [6.07, 6.45) is 3.09. The minimum absolute atomic E-state index is 0.000311. The summed E-state index contributed by atoms with van der Waals surface area (Å²) in [5, 5.41) is 12.7. The zero-order valence-electron chi connectivity index (χ0n) is 16.8. The third kappa shape index (κ3) is 3.75. The van der Waals surface area contributed by atoms with Gasteiger partial charge in [-0.25, -0.2) is 4.79 Å². The molecular formula is C20H25N5O4. The Balaban J connectivity index is 1.66. The van der Waals surface area contributed by atoms with Gasteiger partial charge in [0.05, 0.1) is 0 Å². The van der Waals surface area contributed by atoms with Gasteiger partial charge in [-0.1, -0.05) is 6.92 Å². The average molecular weight is 399 g/mol. The Hall–Kier alpha value is -3.15. The molecule has 0 aromatic carbocycles. The van der Waals surface area contributed by atoms with E-state index >= 15 is 0 Å². The van der Waals surface area contributed by atoms with Gasteiger partial charge in [0.15, 0.2) is 0 Å². The molecule has 29 heavy (non-hydrogen) atoms. The van der Waals surface area contributed by atoms with Gasteiger partial charge in [0.2, 0.25) is 5.91 Å². The van der Waals surface area contributed by atoms with Crippen LogP contribution in [-0.2, 0) is 16.0 Å². The van der Waals surface area contributed by atoms with Crippen LogP contribution in [0.4, 0.5) is 4.79 Å². The highest BCUT2D eigenvalue weighted by Gasteiger charge is 2.52. The number of aromatic amines is 1. The summed E-state index contributed by atoms with van der Waals surface area (Å²) in [5.41, 5.74) is 2.88. The monoisotopic (exact) mass is 399 g/mol. The number of carbonyl (C=O) groups is 3. The smallest absolute Gasteiger partial charge is 0.325 e. The molecule has 2 fully saturated rings. The van der Waals surface area contributed by atoms with Crippen molar-refractivity contribution in [2.45, 2.75) is 64.8 Å². The summed E-state index contributed by atoms with van der Waals surface area (Å²) in [5.74, 6) is -0.389. The minimum Gasteiger partial charge on any atom is -0.325 e. The lowest BCUT2D eigenvalue weighted by molar-refractivity contribution is -0.140. The van der Waals surface area contributed by atoms with Crippen LogP contribution >= 0.6 is 0 Å². The maximum Gasteiger partial charge on any atom is 0.344 e. The van der Waals surface area contributed by atoms with Gasteiger partial charge in [0.25, 0.3) is 11.5 Å². The molecule has 3 rings (SSSR count). The lowest BCUT2D eigenvalue weighted by atomic mass is 9.77. The van der Waals surface area contributed by atoms with E-state index < -0.39 is 28.9 Å². The number of rotatable bonds is 4. The first-order valence-corrected chi connectivity index (χ1v) is 9.77. The maximum atomic E-state index is 12.8. The molecule has 9 nitrogen and oxygen atoms in total. The zero-order valence-corrected chi connectivity index (χ0v) is 16.8. The van der Waals surface area contributed by atoms with E-state index in [-0.39, 0.29) is 18.4 Å². The lowest BCUT2D eigenvalue weighted by Gasteiger charge is -2.33. The van der Waals surface area contributed by atoms with Crippen LogP contribution in [0, 0.1) is 31.1 Å². The predicted octanol–water partition coefficient (Wildman–Crippen LogP) is 1.33. The second kappa shape index (κ2) is 7.70. The van der Waals surface area contributed by atoms with Crippen LogP contribution in [-0.4, -0.2) is 33.4 Å². The molecule has 0 bridgehead atoms. The molecule has 0 atom stereocenters. The molecule has 1 saturated heterocycles. The first-order valence-electron chi connectivity index (χ1n) is 9.77. The van der Waals surface area contributed by atoms with Crippen molar-refractivity contribution in [2.75, 3.05) is 0 Å². The van der Waals surface area contributed by atoms with Crippen molar-refractivity contribution < 1.29 is 14.4 Å². The summed E-state index contributed by atoms with van der Waals surface area (Å²) >= 11 is 0. The Labute approximate surface area is 168 Å². The van der Waals surface area contributed by atoms with Gasteiger partial charge in [-0.05, 0) is 63.0 Å². The van der Waals surface area contributed by atoms with E-state index in [4.69, 9.17) is 5.26 Å². The molecule has 1 spiro atoms. The lowest BCUT2D eigenvalue weighted by Crippen LogP contribution is -2.51. The summed E-state index contributed by atoms with van der Waals surface area (Å²) < 4.78 is 0.